The van der Waals surface area contributed by atoms with Crippen LogP contribution in [0.3, 0.4) is 0 Å². The number of aryl methyl sites for hydroxylation is 2. The smallest absolute Gasteiger partial charge is 0.226 e. The monoisotopic (exact) mass is 277 g/mol. The van der Waals surface area contributed by atoms with Gasteiger partial charge in [0.15, 0.2) is 5.82 Å². The number of anilines is 1. The highest BCUT2D eigenvalue weighted by Crippen LogP contribution is 2.10. The Morgan fingerprint density at radius 1 is 1.35 bits per heavy atom. The first-order valence-electron chi connectivity index (χ1n) is 6.50. The Kier molecular flexibility index (Phi) is 4.57. The maximum Gasteiger partial charge on any atom is 0.226 e. The van der Waals surface area contributed by atoms with E-state index in [1.807, 2.05) is 31.0 Å². The van der Waals surface area contributed by atoms with Gasteiger partial charge in [-0.25, -0.2) is 0 Å². The molecule has 0 atom stereocenters. The van der Waals surface area contributed by atoms with Crippen molar-refractivity contribution in [3.05, 3.63) is 35.5 Å². The molecular formula is C14H19N3O3. The standard InChI is InChI=1S/C14H19N3O3/c1-10-4-5-12(19-10)9-17(3)7-6-14(18)15-13-8-11(2)20-16-13/h4-5,8H,6-7,9H2,1-3H3,(H,15,16,18). The van der Waals surface area contributed by atoms with Crippen molar-refractivity contribution in [1.82, 2.24) is 10.1 Å². The van der Waals surface area contributed by atoms with E-state index in [0.717, 1.165) is 11.5 Å². The van der Waals surface area contributed by atoms with Gasteiger partial charge < -0.3 is 14.3 Å². The van der Waals surface area contributed by atoms with Crippen LogP contribution in [0.25, 0.3) is 0 Å². The van der Waals surface area contributed by atoms with Crippen molar-refractivity contribution in [3.8, 4) is 0 Å². The molecule has 0 spiro atoms. The summed E-state index contributed by atoms with van der Waals surface area (Å²) in [4.78, 5) is 13.8. The highest BCUT2D eigenvalue weighted by molar-refractivity contribution is 5.89. The van der Waals surface area contributed by atoms with Crippen LogP contribution in [0.15, 0.2) is 27.1 Å². The molecule has 6 nitrogen and oxygen atoms in total. The van der Waals surface area contributed by atoms with Crippen LogP contribution in [-0.4, -0.2) is 29.6 Å². The van der Waals surface area contributed by atoms with Gasteiger partial charge in [-0.3, -0.25) is 9.69 Å². The summed E-state index contributed by atoms with van der Waals surface area (Å²) in [5.41, 5.74) is 0. The summed E-state index contributed by atoms with van der Waals surface area (Å²) in [5.74, 6) is 2.84. The molecular weight excluding hydrogens is 258 g/mol. The second kappa shape index (κ2) is 6.38. The molecule has 0 aromatic carbocycles. The molecule has 1 amide bonds. The van der Waals surface area contributed by atoms with Crippen molar-refractivity contribution in [2.45, 2.75) is 26.8 Å². The van der Waals surface area contributed by atoms with E-state index in [-0.39, 0.29) is 5.91 Å². The molecule has 2 aromatic heterocycles. The van der Waals surface area contributed by atoms with Crippen LogP contribution < -0.4 is 5.32 Å². The lowest BCUT2D eigenvalue weighted by molar-refractivity contribution is -0.116. The van der Waals surface area contributed by atoms with Gasteiger partial charge in [-0.1, -0.05) is 5.16 Å². The van der Waals surface area contributed by atoms with Crippen molar-refractivity contribution in [3.63, 3.8) is 0 Å². The molecule has 2 heterocycles. The van der Waals surface area contributed by atoms with Crippen LogP contribution >= 0.6 is 0 Å². The molecule has 0 aliphatic rings. The van der Waals surface area contributed by atoms with E-state index in [1.54, 1.807) is 13.0 Å². The number of rotatable bonds is 6. The topological polar surface area (TPSA) is 71.5 Å². The number of furan rings is 1. The van der Waals surface area contributed by atoms with Gasteiger partial charge in [-0.15, -0.1) is 0 Å². The number of aromatic nitrogens is 1. The quantitative estimate of drug-likeness (QED) is 0.877. The molecule has 2 aromatic rings. The molecule has 0 bridgehead atoms. The molecule has 108 valence electrons. The Balaban J connectivity index is 1.72. The number of amides is 1. The SMILES string of the molecule is Cc1cc(NC(=O)CCN(C)Cc2ccc(C)o2)no1. The number of hydrogen-bond donors (Lipinski definition) is 1. The Hall–Kier alpha value is -2.08. The summed E-state index contributed by atoms with van der Waals surface area (Å²) in [6.07, 6.45) is 0.391. The maximum atomic E-state index is 11.7. The first-order chi connectivity index (χ1) is 9.52. The largest absolute Gasteiger partial charge is 0.465 e. The molecule has 0 saturated heterocycles. The van der Waals surface area contributed by atoms with Crippen molar-refractivity contribution < 1.29 is 13.7 Å². The van der Waals surface area contributed by atoms with Crippen LogP contribution in [0.5, 0.6) is 0 Å². The number of nitrogens with zero attached hydrogens (tertiary/aromatic N) is 2. The first-order valence-corrected chi connectivity index (χ1v) is 6.50. The van der Waals surface area contributed by atoms with E-state index in [0.29, 0.717) is 31.1 Å². The summed E-state index contributed by atoms with van der Waals surface area (Å²) in [7, 11) is 1.95. The van der Waals surface area contributed by atoms with E-state index in [1.165, 1.54) is 0 Å². The number of nitrogens with one attached hydrogen (secondary N) is 1. The minimum atomic E-state index is -0.0826. The average Bonchev–Trinajstić information content (AvgIpc) is 2.96. The van der Waals surface area contributed by atoms with Crippen LogP contribution in [-0.2, 0) is 11.3 Å². The van der Waals surface area contributed by atoms with Crippen molar-refractivity contribution in [2.75, 3.05) is 18.9 Å². The zero-order chi connectivity index (χ0) is 14.5. The molecule has 0 aliphatic carbocycles. The van der Waals surface area contributed by atoms with E-state index in [2.05, 4.69) is 10.5 Å². The van der Waals surface area contributed by atoms with Crippen LogP contribution in [0.4, 0.5) is 5.82 Å². The van der Waals surface area contributed by atoms with Crippen molar-refractivity contribution >= 4 is 11.7 Å². The molecule has 0 fully saturated rings. The zero-order valence-electron chi connectivity index (χ0n) is 12.0. The fourth-order valence-corrected chi connectivity index (χ4v) is 1.84. The Morgan fingerprint density at radius 3 is 2.75 bits per heavy atom. The minimum Gasteiger partial charge on any atom is -0.465 e. The third-order valence-electron chi connectivity index (χ3n) is 2.84. The predicted octanol–water partition coefficient (Wildman–Crippen LogP) is 2.35. The molecule has 0 radical (unpaired) electrons. The first kappa shape index (κ1) is 14.3. The van der Waals surface area contributed by atoms with E-state index < -0.39 is 0 Å². The summed E-state index contributed by atoms with van der Waals surface area (Å²) in [6.45, 7) is 5.02. The van der Waals surface area contributed by atoms with Crippen LogP contribution in [0.2, 0.25) is 0 Å². The van der Waals surface area contributed by atoms with Crippen LogP contribution in [0, 0.1) is 13.8 Å². The van der Waals surface area contributed by atoms with Crippen molar-refractivity contribution in [2.24, 2.45) is 0 Å². The van der Waals surface area contributed by atoms with Crippen molar-refractivity contribution in [1.29, 1.82) is 0 Å². The zero-order valence-corrected chi connectivity index (χ0v) is 12.0. The molecule has 6 heteroatoms. The lowest BCUT2D eigenvalue weighted by Gasteiger charge is -2.14. The summed E-state index contributed by atoms with van der Waals surface area (Å²) < 4.78 is 10.4. The fraction of sp³-hybridized carbons (Fsp3) is 0.429. The third-order valence-corrected chi connectivity index (χ3v) is 2.84. The van der Waals surface area contributed by atoms with Gasteiger partial charge in [0, 0.05) is 19.0 Å². The number of carbonyl (C=O) groups is 1. The van der Waals surface area contributed by atoms with E-state index >= 15 is 0 Å². The lowest BCUT2D eigenvalue weighted by atomic mass is 10.3. The molecule has 0 unspecified atom stereocenters. The van der Waals surface area contributed by atoms with Gasteiger partial charge in [-0.05, 0) is 33.0 Å². The molecule has 1 N–H and O–H groups in total. The lowest BCUT2D eigenvalue weighted by Crippen LogP contribution is -2.23. The summed E-state index contributed by atoms with van der Waals surface area (Å²) in [5, 5.41) is 6.41. The van der Waals surface area contributed by atoms with E-state index in [9.17, 15) is 4.79 Å². The Morgan fingerprint density at radius 2 is 2.15 bits per heavy atom. The fourth-order valence-electron chi connectivity index (χ4n) is 1.84. The molecule has 2 rings (SSSR count). The molecule has 0 saturated carbocycles. The summed E-state index contributed by atoms with van der Waals surface area (Å²) in [6, 6.07) is 5.57. The highest BCUT2D eigenvalue weighted by Gasteiger charge is 2.09. The minimum absolute atomic E-state index is 0.0826. The summed E-state index contributed by atoms with van der Waals surface area (Å²) >= 11 is 0. The molecule has 0 aliphatic heterocycles. The normalized spacial score (nSPS) is 11.0. The van der Waals surface area contributed by atoms with Gasteiger partial charge in [0.05, 0.1) is 6.54 Å². The maximum absolute atomic E-state index is 11.7. The molecule has 20 heavy (non-hydrogen) atoms. The number of carbonyl (C=O) groups excluding carboxylic acids is 1. The number of hydrogen-bond acceptors (Lipinski definition) is 5. The second-order valence-electron chi connectivity index (χ2n) is 4.87. The Bertz CT molecular complexity index is 574. The van der Waals surface area contributed by atoms with Gasteiger partial charge in [0.1, 0.15) is 17.3 Å². The predicted molar refractivity (Wildman–Crippen MR) is 74.3 cm³/mol. The van der Waals surface area contributed by atoms with Gasteiger partial charge >= 0.3 is 0 Å². The van der Waals surface area contributed by atoms with Gasteiger partial charge in [-0.2, -0.15) is 0 Å². The second-order valence-corrected chi connectivity index (χ2v) is 4.87. The third kappa shape index (κ3) is 4.24. The highest BCUT2D eigenvalue weighted by atomic mass is 16.5. The Labute approximate surface area is 117 Å². The van der Waals surface area contributed by atoms with Gasteiger partial charge in [0.2, 0.25) is 5.91 Å². The average molecular weight is 277 g/mol. The van der Waals surface area contributed by atoms with Gasteiger partial charge in [0.25, 0.3) is 0 Å². The van der Waals surface area contributed by atoms with Crippen LogP contribution in [0.1, 0.15) is 23.7 Å². The van der Waals surface area contributed by atoms with E-state index in [4.69, 9.17) is 8.94 Å².